The molecule has 0 heterocycles. The van der Waals surface area contributed by atoms with E-state index in [1.54, 1.807) is 0 Å². The van der Waals surface area contributed by atoms with Gasteiger partial charge in [-0.05, 0) is 66.6 Å². The van der Waals surface area contributed by atoms with Crippen molar-refractivity contribution >= 4 is 35.0 Å². The highest BCUT2D eigenvalue weighted by Gasteiger charge is 2.18. The fourth-order valence-corrected chi connectivity index (χ4v) is 4.59. The second-order valence-corrected chi connectivity index (χ2v) is 9.46. The Morgan fingerprint density at radius 3 is 2.11 bits per heavy atom. The van der Waals surface area contributed by atoms with Gasteiger partial charge in [0.2, 0.25) is 11.8 Å². The van der Waals surface area contributed by atoms with Crippen LogP contribution in [-0.4, -0.2) is 17.1 Å². The highest BCUT2D eigenvalue weighted by atomic mass is 32.2. The molecule has 0 fully saturated rings. The standard InChI is InChI=1S/C30H28N2O3S/c1-2-28(30(34)32-23-16-18-26(19-17-23)35-25-13-7-4-8-14-25)36-27-15-9-12-24(21-27)31-29(33)20-22-10-5-3-6-11-22/h3-19,21,28H,2,20H2,1H3,(H,31,33)(H,32,34). The molecule has 6 heteroatoms. The van der Waals surface area contributed by atoms with Crippen LogP contribution in [0.5, 0.6) is 11.5 Å². The van der Waals surface area contributed by atoms with Crippen LogP contribution >= 0.6 is 11.8 Å². The predicted octanol–water partition coefficient (Wildman–Crippen LogP) is 7.17. The van der Waals surface area contributed by atoms with Gasteiger partial charge in [-0.3, -0.25) is 9.59 Å². The summed E-state index contributed by atoms with van der Waals surface area (Å²) in [5.74, 6) is 1.31. The number of carbonyl (C=O) groups is 2. The van der Waals surface area contributed by atoms with E-state index in [1.165, 1.54) is 11.8 Å². The largest absolute Gasteiger partial charge is 0.457 e. The number of ether oxygens (including phenoxy) is 1. The first-order chi connectivity index (χ1) is 17.6. The third-order valence-electron chi connectivity index (χ3n) is 5.37. The van der Waals surface area contributed by atoms with Crippen LogP contribution in [-0.2, 0) is 16.0 Å². The normalized spacial score (nSPS) is 11.4. The lowest BCUT2D eigenvalue weighted by Crippen LogP contribution is -2.24. The van der Waals surface area contributed by atoms with Gasteiger partial charge in [0.25, 0.3) is 0 Å². The van der Waals surface area contributed by atoms with Crippen molar-refractivity contribution in [1.29, 1.82) is 0 Å². The third kappa shape index (κ3) is 7.48. The Balaban J connectivity index is 1.32. The van der Waals surface area contributed by atoms with Gasteiger partial charge in [0, 0.05) is 16.3 Å². The van der Waals surface area contributed by atoms with Crippen molar-refractivity contribution in [3.8, 4) is 11.5 Å². The number of anilines is 2. The molecule has 0 aliphatic heterocycles. The summed E-state index contributed by atoms with van der Waals surface area (Å²) in [7, 11) is 0. The maximum atomic E-state index is 13.0. The topological polar surface area (TPSA) is 67.4 Å². The average molecular weight is 497 g/mol. The monoisotopic (exact) mass is 496 g/mol. The molecule has 1 atom stereocenters. The number of rotatable bonds is 10. The Morgan fingerprint density at radius 2 is 1.42 bits per heavy atom. The molecule has 0 aromatic heterocycles. The van der Waals surface area contributed by atoms with E-state index < -0.39 is 0 Å². The van der Waals surface area contributed by atoms with E-state index in [2.05, 4.69) is 10.6 Å². The quantitative estimate of drug-likeness (QED) is 0.228. The maximum absolute atomic E-state index is 13.0. The van der Waals surface area contributed by atoms with Crippen LogP contribution in [0.1, 0.15) is 18.9 Å². The minimum absolute atomic E-state index is 0.0715. The van der Waals surface area contributed by atoms with Gasteiger partial charge in [0.15, 0.2) is 0 Å². The van der Waals surface area contributed by atoms with E-state index in [1.807, 2.05) is 116 Å². The first-order valence-electron chi connectivity index (χ1n) is 11.8. The van der Waals surface area contributed by atoms with Crippen molar-refractivity contribution in [2.24, 2.45) is 0 Å². The molecule has 182 valence electrons. The van der Waals surface area contributed by atoms with E-state index >= 15 is 0 Å². The summed E-state index contributed by atoms with van der Waals surface area (Å²) in [5.41, 5.74) is 2.38. The van der Waals surface area contributed by atoms with Gasteiger partial charge < -0.3 is 15.4 Å². The molecule has 36 heavy (non-hydrogen) atoms. The van der Waals surface area contributed by atoms with E-state index in [0.717, 1.165) is 16.2 Å². The number of carbonyl (C=O) groups excluding carboxylic acids is 2. The minimum atomic E-state index is -0.277. The first kappa shape index (κ1) is 25.1. The first-order valence-corrected chi connectivity index (χ1v) is 12.7. The molecule has 2 amide bonds. The minimum Gasteiger partial charge on any atom is -0.457 e. The van der Waals surface area contributed by atoms with Crippen molar-refractivity contribution in [2.75, 3.05) is 10.6 Å². The Kier molecular flexibility index (Phi) is 8.78. The molecule has 0 radical (unpaired) electrons. The summed E-state index contributed by atoms with van der Waals surface area (Å²) in [6.45, 7) is 1.99. The molecule has 0 saturated carbocycles. The molecule has 4 aromatic rings. The number of benzene rings is 4. The van der Waals surface area contributed by atoms with E-state index in [9.17, 15) is 9.59 Å². The van der Waals surface area contributed by atoms with Gasteiger partial charge in [-0.15, -0.1) is 11.8 Å². The van der Waals surface area contributed by atoms with Gasteiger partial charge in [-0.25, -0.2) is 0 Å². The Morgan fingerprint density at radius 1 is 0.750 bits per heavy atom. The number of amides is 2. The predicted molar refractivity (Wildman–Crippen MR) is 147 cm³/mol. The van der Waals surface area contributed by atoms with Crippen LogP contribution in [0, 0.1) is 0 Å². The molecule has 0 aliphatic rings. The molecular formula is C30H28N2O3S. The summed E-state index contributed by atoms with van der Waals surface area (Å²) in [5, 5.41) is 5.67. The maximum Gasteiger partial charge on any atom is 0.237 e. The van der Waals surface area contributed by atoms with Crippen LogP contribution in [0.4, 0.5) is 11.4 Å². The van der Waals surface area contributed by atoms with E-state index in [0.29, 0.717) is 30.0 Å². The average Bonchev–Trinajstić information content (AvgIpc) is 2.89. The molecule has 5 nitrogen and oxygen atoms in total. The zero-order valence-corrected chi connectivity index (χ0v) is 20.8. The van der Waals surface area contributed by atoms with Crippen LogP contribution in [0.3, 0.4) is 0 Å². The summed E-state index contributed by atoms with van der Waals surface area (Å²) in [4.78, 5) is 26.3. The number of thioether (sulfide) groups is 1. The molecule has 0 bridgehead atoms. The second-order valence-electron chi connectivity index (χ2n) is 8.18. The molecule has 1 unspecified atom stereocenters. The van der Waals surface area contributed by atoms with Crippen LogP contribution in [0.25, 0.3) is 0 Å². The highest BCUT2D eigenvalue weighted by molar-refractivity contribution is 8.00. The summed E-state index contributed by atoms with van der Waals surface area (Å²) in [6, 6.07) is 34.1. The molecular weight excluding hydrogens is 468 g/mol. The van der Waals surface area contributed by atoms with Crippen LogP contribution < -0.4 is 15.4 Å². The van der Waals surface area contributed by atoms with Crippen molar-refractivity contribution in [3.63, 3.8) is 0 Å². The van der Waals surface area contributed by atoms with Gasteiger partial charge in [0.05, 0.1) is 11.7 Å². The lowest BCUT2D eigenvalue weighted by atomic mass is 10.1. The fraction of sp³-hybridized carbons (Fsp3) is 0.133. The Bertz CT molecular complexity index is 1280. The molecule has 4 aromatic carbocycles. The zero-order chi connectivity index (χ0) is 25.2. The number of nitrogens with one attached hydrogen (secondary N) is 2. The van der Waals surface area contributed by atoms with Crippen molar-refractivity contribution in [1.82, 2.24) is 0 Å². The van der Waals surface area contributed by atoms with Crippen molar-refractivity contribution < 1.29 is 14.3 Å². The lowest BCUT2D eigenvalue weighted by molar-refractivity contribution is -0.116. The number of hydrogen-bond acceptors (Lipinski definition) is 4. The van der Waals surface area contributed by atoms with Gasteiger partial charge in [-0.2, -0.15) is 0 Å². The Hall–Kier alpha value is -4.03. The summed E-state index contributed by atoms with van der Waals surface area (Å²) < 4.78 is 5.81. The van der Waals surface area contributed by atoms with Crippen molar-refractivity contribution in [3.05, 3.63) is 115 Å². The number of hydrogen-bond donors (Lipinski definition) is 2. The lowest BCUT2D eigenvalue weighted by Gasteiger charge is -2.16. The van der Waals surface area contributed by atoms with Gasteiger partial charge in [-0.1, -0.05) is 61.5 Å². The zero-order valence-electron chi connectivity index (χ0n) is 20.0. The molecule has 0 aliphatic carbocycles. The second kappa shape index (κ2) is 12.6. The van der Waals surface area contributed by atoms with Crippen LogP contribution in [0.2, 0.25) is 0 Å². The Labute approximate surface area is 215 Å². The summed E-state index contributed by atoms with van der Waals surface area (Å²) in [6.07, 6.45) is 0.976. The molecule has 4 rings (SSSR count). The fourth-order valence-electron chi connectivity index (χ4n) is 3.57. The summed E-state index contributed by atoms with van der Waals surface area (Å²) >= 11 is 1.48. The number of para-hydroxylation sites is 1. The molecule has 0 saturated heterocycles. The van der Waals surface area contributed by atoms with Crippen molar-refractivity contribution in [2.45, 2.75) is 29.9 Å². The van der Waals surface area contributed by atoms with Crippen LogP contribution in [0.15, 0.2) is 114 Å². The van der Waals surface area contributed by atoms with E-state index in [-0.39, 0.29) is 17.1 Å². The van der Waals surface area contributed by atoms with Gasteiger partial charge >= 0.3 is 0 Å². The van der Waals surface area contributed by atoms with E-state index in [4.69, 9.17) is 4.74 Å². The van der Waals surface area contributed by atoms with Gasteiger partial charge in [0.1, 0.15) is 11.5 Å². The molecule has 0 spiro atoms. The molecule has 2 N–H and O–H groups in total. The smallest absolute Gasteiger partial charge is 0.237 e. The highest BCUT2D eigenvalue weighted by Crippen LogP contribution is 2.29. The SMILES string of the molecule is CCC(Sc1cccc(NC(=O)Cc2ccccc2)c1)C(=O)Nc1ccc(Oc2ccccc2)cc1. The third-order valence-corrected chi connectivity index (χ3v) is 6.73.